The predicted octanol–water partition coefficient (Wildman–Crippen LogP) is 10.5. The Morgan fingerprint density at radius 3 is 1.29 bits per heavy atom. The van der Waals surface area contributed by atoms with Gasteiger partial charge in [-0.3, -0.25) is 0 Å². The Bertz CT molecular complexity index is 1480. The number of hydrogen-bond acceptors (Lipinski definition) is 3. The normalized spacial score (nSPS) is 16.5. The van der Waals surface area contributed by atoms with Crippen LogP contribution in [-0.2, 0) is 5.41 Å². The largest absolute Gasteiger partial charge is 0.406 e. The van der Waals surface area contributed by atoms with Gasteiger partial charge in [0.15, 0.2) is 5.66 Å². The first-order valence-electron chi connectivity index (χ1n) is 15.9. The van der Waals surface area contributed by atoms with Gasteiger partial charge in [-0.25, -0.2) is 0 Å². The smallest absolute Gasteiger partial charge is 0.193 e. The SMILES string of the molecule is CC(C)c1ccc2cc(C3(c4cc5ccc(C(C)C)cc5cc4C(C)C)CCC([P+](O)(O)O)CC3)c(C(C)C)cc2c1. The molecule has 3 nitrogen and oxygen atoms in total. The molecule has 224 valence electrons. The molecule has 0 aromatic heterocycles. The number of benzene rings is 4. The van der Waals surface area contributed by atoms with Crippen molar-refractivity contribution in [1.29, 1.82) is 0 Å². The maximum atomic E-state index is 10.3. The molecule has 0 bridgehead atoms. The van der Waals surface area contributed by atoms with E-state index in [4.69, 9.17) is 0 Å². The van der Waals surface area contributed by atoms with Crippen molar-refractivity contribution in [3.8, 4) is 0 Å². The van der Waals surface area contributed by atoms with Crippen molar-refractivity contribution in [2.45, 2.75) is 116 Å². The van der Waals surface area contributed by atoms with E-state index in [0.717, 1.165) is 12.8 Å². The molecule has 4 heteroatoms. The lowest BCUT2D eigenvalue weighted by molar-refractivity contribution is 0.269. The van der Waals surface area contributed by atoms with Gasteiger partial charge < -0.3 is 0 Å². The van der Waals surface area contributed by atoms with Crippen molar-refractivity contribution in [3.63, 3.8) is 0 Å². The van der Waals surface area contributed by atoms with Gasteiger partial charge in [-0.15, -0.1) is 0 Å². The van der Waals surface area contributed by atoms with Gasteiger partial charge >= 0.3 is 7.94 Å². The molecule has 0 unspecified atom stereocenters. The summed E-state index contributed by atoms with van der Waals surface area (Å²) in [6, 6.07) is 23.5. The van der Waals surface area contributed by atoms with Crippen LogP contribution in [0.5, 0.6) is 0 Å². The molecule has 1 fully saturated rings. The van der Waals surface area contributed by atoms with E-state index in [1.807, 2.05) is 0 Å². The first kappa shape index (κ1) is 31.1. The fourth-order valence-electron chi connectivity index (χ4n) is 7.30. The van der Waals surface area contributed by atoms with E-state index in [-0.39, 0.29) is 5.41 Å². The summed E-state index contributed by atoms with van der Waals surface area (Å²) in [7, 11) is -3.90. The van der Waals surface area contributed by atoms with Gasteiger partial charge in [0.25, 0.3) is 0 Å². The molecule has 4 aromatic rings. The minimum atomic E-state index is -3.90. The van der Waals surface area contributed by atoms with Crippen LogP contribution in [-0.4, -0.2) is 20.3 Å². The van der Waals surface area contributed by atoms with Gasteiger partial charge in [-0.1, -0.05) is 104 Å². The van der Waals surface area contributed by atoms with E-state index in [9.17, 15) is 14.7 Å². The molecule has 0 atom stereocenters. The molecule has 42 heavy (non-hydrogen) atoms. The van der Waals surface area contributed by atoms with Gasteiger partial charge in [0, 0.05) is 5.41 Å². The highest BCUT2D eigenvalue weighted by atomic mass is 31.2. The first-order chi connectivity index (χ1) is 19.7. The monoisotopic (exact) mass is 585 g/mol. The van der Waals surface area contributed by atoms with E-state index in [1.165, 1.54) is 54.9 Å². The number of fused-ring (bicyclic) bond motifs is 2. The second kappa shape index (κ2) is 11.7. The third-order valence-electron chi connectivity index (χ3n) is 9.97. The summed E-state index contributed by atoms with van der Waals surface area (Å²) in [5.74, 6) is 1.61. The van der Waals surface area contributed by atoms with Gasteiger partial charge in [-0.2, -0.15) is 14.7 Å². The quantitative estimate of drug-likeness (QED) is 0.189. The Morgan fingerprint density at radius 2 is 0.952 bits per heavy atom. The Morgan fingerprint density at radius 1 is 0.548 bits per heavy atom. The summed E-state index contributed by atoms with van der Waals surface area (Å²) in [5.41, 5.74) is 7.41. The maximum Gasteiger partial charge on any atom is 0.406 e. The Balaban J connectivity index is 1.80. The van der Waals surface area contributed by atoms with Gasteiger partial charge in [-0.05, 0) is 116 Å². The molecule has 1 saturated carbocycles. The summed E-state index contributed by atoms with van der Waals surface area (Å²) >= 11 is 0. The lowest BCUT2D eigenvalue weighted by atomic mass is 9.61. The average molecular weight is 586 g/mol. The van der Waals surface area contributed by atoms with E-state index in [1.54, 1.807) is 0 Å². The molecule has 0 saturated heterocycles. The van der Waals surface area contributed by atoms with Crippen molar-refractivity contribution in [1.82, 2.24) is 0 Å². The van der Waals surface area contributed by atoms with Crippen LogP contribution >= 0.6 is 7.94 Å². The predicted molar refractivity (Wildman–Crippen MR) is 181 cm³/mol. The summed E-state index contributed by atoms with van der Waals surface area (Å²) in [5, 5.41) is 5.07. The maximum absolute atomic E-state index is 10.3. The highest BCUT2D eigenvalue weighted by Crippen LogP contribution is 2.60. The molecule has 1 aliphatic rings. The molecule has 0 aliphatic heterocycles. The molecular weight excluding hydrogens is 535 g/mol. The zero-order valence-electron chi connectivity index (χ0n) is 26.8. The first-order valence-corrected chi connectivity index (χ1v) is 17.7. The van der Waals surface area contributed by atoms with E-state index < -0.39 is 13.6 Å². The minimum absolute atomic E-state index is 0.291. The third-order valence-corrected chi connectivity index (χ3v) is 11.5. The Kier molecular flexibility index (Phi) is 8.65. The lowest BCUT2D eigenvalue weighted by Gasteiger charge is -2.44. The Labute approximate surface area is 253 Å². The van der Waals surface area contributed by atoms with Crippen molar-refractivity contribution in [2.75, 3.05) is 0 Å². The average Bonchev–Trinajstić information content (AvgIpc) is 2.94. The molecule has 3 N–H and O–H groups in total. The van der Waals surface area contributed by atoms with Crippen LogP contribution in [0, 0.1) is 0 Å². The molecule has 1 aliphatic carbocycles. The van der Waals surface area contributed by atoms with Gasteiger partial charge in [0.05, 0.1) is 0 Å². The van der Waals surface area contributed by atoms with E-state index in [0.29, 0.717) is 36.5 Å². The van der Waals surface area contributed by atoms with Gasteiger partial charge in [0.2, 0.25) is 0 Å². The van der Waals surface area contributed by atoms with Crippen LogP contribution in [0.2, 0.25) is 0 Å². The van der Waals surface area contributed by atoms with Crippen LogP contribution in [0.15, 0.2) is 60.7 Å². The third kappa shape index (κ3) is 5.79. The molecule has 0 amide bonds. The summed E-state index contributed by atoms with van der Waals surface area (Å²) in [6.45, 7) is 18.1. The number of hydrogen-bond donors (Lipinski definition) is 3. The van der Waals surface area contributed by atoms with Crippen LogP contribution in [0.1, 0.15) is 138 Å². The molecular formula is C38H50O3P+. The molecule has 4 aromatic carbocycles. The molecule has 5 rings (SSSR count). The van der Waals surface area contributed by atoms with E-state index in [2.05, 4.69) is 116 Å². The van der Waals surface area contributed by atoms with Crippen molar-refractivity contribution in [2.24, 2.45) is 0 Å². The highest BCUT2D eigenvalue weighted by molar-refractivity contribution is 7.59. The molecule has 0 heterocycles. The summed E-state index contributed by atoms with van der Waals surface area (Å²) in [4.78, 5) is 30.9. The van der Waals surface area contributed by atoms with Gasteiger partial charge in [0.1, 0.15) is 0 Å². The standard InChI is InChI=1S/C38H50O3P/c1-23(2)27-9-11-29-21-36(34(25(5)6)19-31(29)17-27)38(15-13-33(14-16-38)42(39,40)41)37-22-30-12-10-28(24(3)4)18-32(30)20-35(37)26(7)8/h9-12,17-26,33,39-41H,13-16H2,1-8H3/q+1. The van der Waals surface area contributed by atoms with E-state index >= 15 is 0 Å². The minimum Gasteiger partial charge on any atom is -0.193 e. The topological polar surface area (TPSA) is 60.7 Å². The van der Waals surface area contributed by atoms with Crippen molar-refractivity contribution < 1.29 is 14.7 Å². The van der Waals surface area contributed by atoms with Crippen LogP contribution in [0.3, 0.4) is 0 Å². The second-order valence-corrected chi connectivity index (χ2v) is 16.1. The van der Waals surface area contributed by atoms with Crippen LogP contribution < -0.4 is 0 Å². The molecule has 0 radical (unpaired) electrons. The zero-order valence-corrected chi connectivity index (χ0v) is 27.7. The summed E-state index contributed by atoms with van der Waals surface area (Å²) in [6.07, 6.45) is 2.71. The second-order valence-electron chi connectivity index (χ2n) is 14.1. The van der Waals surface area contributed by atoms with Crippen LogP contribution in [0.25, 0.3) is 21.5 Å². The Hall–Kier alpha value is -2.29. The fraction of sp³-hybridized carbons (Fsp3) is 0.474. The van der Waals surface area contributed by atoms with Crippen molar-refractivity contribution in [3.05, 3.63) is 94.0 Å². The van der Waals surface area contributed by atoms with Crippen molar-refractivity contribution >= 4 is 29.5 Å². The highest BCUT2D eigenvalue weighted by Gasteiger charge is 2.50. The lowest BCUT2D eigenvalue weighted by Crippen LogP contribution is -2.37. The zero-order chi connectivity index (χ0) is 30.6. The molecule has 0 spiro atoms. The number of rotatable bonds is 7. The van der Waals surface area contributed by atoms with Crippen LogP contribution in [0.4, 0.5) is 0 Å². The fourth-order valence-corrected chi connectivity index (χ4v) is 8.25. The summed E-state index contributed by atoms with van der Waals surface area (Å²) < 4.78 is 0.